The fraction of sp³-hybridized carbons (Fsp3) is 0.125. The molecule has 5 nitrogen and oxygen atoms in total. The lowest BCUT2D eigenvalue weighted by Gasteiger charge is -2.10. The number of nitrogens with zero attached hydrogens (tertiary/aromatic N) is 1. The summed E-state index contributed by atoms with van der Waals surface area (Å²) < 4.78 is 6.92. The van der Waals surface area contributed by atoms with Crippen LogP contribution in [0.4, 0.5) is 5.69 Å². The highest BCUT2D eigenvalue weighted by Gasteiger charge is 2.12. The first-order chi connectivity index (χ1) is 14.9. The van der Waals surface area contributed by atoms with E-state index in [9.17, 15) is 4.79 Å². The Hall–Kier alpha value is -2.78. The highest BCUT2D eigenvalue weighted by atomic mass is 127. The molecule has 4 rings (SSSR count). The van der Waals surface area contributed by atoms with Crippen LogP contribution in [-0.4, -0.2) is 16.0 Å². The molecule has 0 aliphatic heterocycles. The van der Waals surface area contributed by atoms with Crippen molar-refractivity contribution in [3.05, 3.63) is 81.4 Å². The molecule has 0 saturated carbocycles. The number of halogens is 1. The quantitative estimate of drug-likeness (QED) is 0.233. The Morgan fingerprint density at radius 2 is 1.87 bits per heavy atom. The van der Waals surface area contributed by atoms with Crippen molar-refractivity contribution in [1.29, 1.82) is 0 Å². The van der Waals surface area contributed by atoms with Crippen molar-refractivity contribution in [3.8, 4) is 11.5 Å². The van der Waals surface area contributed by atoms with Crippen LogP contribution >= 0.6 is 34.8 Å². The summed E-state index contributed by atoms with van der Waals surface area (Å²) in [6.45, 7) is 4.30. The number of carbonyl (C=O) groups excluding carboxylic acids is 1. The second-order valence-corrected chi connectivity index (χ2v) is 9.05. The van der Waals surface area contributed by atoms with Gasteiger partial charge in [0.2, 0.25) is 5.89 Å². The summed E-state index contributed by atoms with van der Waals surface area (Å²) >= 11 is 7.48. The number of rotatable bonds is 4. The van der Waals surface area contributed by atoms with E-state index in [0.29, 0.717) is 17.4 Å². The second kappa shape index (κ2) is 9.15. The van der Waals surface area contributed by atoms with Crippen LogP contribution in [0.5, 0.6) is 0 Å². The Bertz CT molecular complexity index is 1280. The number of carbonyl (C=O) groups is 1. The standard InChI is InChI=1S/C24H20IN3O2S/c1-14(2)15-9-10-21-20(13-15)27-23(30-21)17-6-4-8-19(12-17)26-24(31)28-22(29)16-5-3-7-18(25)11-16/h3-14H,1-2H3,(H2,26,28,29,31). The van der Waals surface area contributed by atoms with E-state index >= 15 is 0 Å². The maximum atomic E-state index is 12.4. The molecule has 1 heterocycles. The first-order valence-corrected chi connectivity index (χ1v) is 11.3. The fourth-order valence-electron chi connectivity index (χ4n) is 3.12. The number of amides is 1. The number of hydrogen-bond donors (Lipinski definition) is 2. The summed E-state index contributed by atoms with van der Waals surface area (Å²) in [6, 6.07) is 21.0. The van der Waals surface area contributed by atoms with E-state index in [1.807, 2.05) is 42.5 Å². The van der Waals surface area contributed by atoms with E-state index < -0.39 is 0 Å². The van der Waals surface area contributed by atoms with E-state index in [-0.39, 0.29) is 11.0 Å². The lowest BCUT2D eigenvalue weighted by atomic mass is 10.0. The van der Waals surface area contributed by atoms with Crippen LogP contribution in [0.15, 0.2) is 71.1 Å². The smallest absolute Gasteiger partial charge is 0.257 e. The van der Waals surface area contributed by atoms with Gasteiger partial charge in [-0.1, -0.05) is 32.0 Å². The van der Waals surface area contributed by atoms with E-state index in [1.165, 1.54) is 5.56 Å². The van der Waals surface area contributed by atoms with E-state index in [1.54, 1.807) is 12.1 Å². The van der Waals surface area contributed by atoms with Crippen LogP contribution in [0.3, 0.4) is 0 Å². The molecule has 3 aromatic carbocycles. The third-order valence-electron chi connectivity index (χ3n) is 4.76. The molecule has 1 amide bonds. The molecule has 0 radical (unpaired) electrons. The molecular formula is C24H20IN3O2S. The number of nitrogens with one attached hydrogen (secondary N) is 2. The van der Waals surface area contributed by atoms with Gasteiger partial charge in [-0.05, 0) is 94.8 Å². The molecule has 0 saturated heterocycles. The monoisotopic (exact) mass is 541 g/mol. The van der Waals surface area contributed by atoms with Gasteiger partial charge < -0.3 is 9.73 Å². The second-order valence-electron chi connectivity index (χ2n) is 7.40. The number of anilines is 1. The van der Waals surface area contributed by atoms with Gasteiger partial charge in [-0.15, -0.1) is 0 Å². The molecule has 7 heteroatoms. The minimum Gasteiger partial charge on any atom is -0.436 e. The lowest BCUT2D eigenvalue weighted by molar-refractivity contribution is 0.0977. The molecule has 31 heavy (non-hydrogen) atoms. The van der Waals surface area contributed by atoms with Gasteiger partial charge >= 0.3 is 0 Å². The molecule has 0 spiro atoms. The third-order valence-corrected chi connectivity index (χ3v) is 5.63. The summed E-state index contributed by atoms with van der Waals surface area (Å²) in [5, 5.41) is 5.98. The Kier molecular flexibility index (Phi) is 6.33. The largest absolute Gasteiger partial charge is 0.436 e. The van der Waals surface area contributed by atoms with Crippen LogP contribution in [0, 0.1) is 3.57 Å². The van der Waals surface area contributed by atoms with Crippen molar-refractivity contribution >= 4 is 62.6 Å². The Labute approximate surface area is 199 Å². The zero-order chi connectivity index (χ0) is 22.0. The zero-order valence-electron chi connectivity index (χ0n) is 17.0. The summed E-state index contributed by atoms with van der Waals surface area (Å²) in [5.74, 6) is 0.702. The fourth-order valence-corrected chi connectivity index (χ4v) is 3.88. The molecule has 0 unspecified atom stereocenters. The topological polar surface area (TPSA) is 67.2 Å². The number of thiocarbonyl (C=S) groups is 1. The molecule has 0 fully saturated rings. The minimum atomic E-state index is -0.257. The van der Waals surface area contributed by atoms with E-state index in [0.717, 1.165) is 25.9 Å². The van der Waals surface area contributed by atoms with Crippen LogP contribution in [0.1, 0.15) is 35.7 Å². The minimum absolute atomic E-state index is 0.222. The van der Waals surface area contributed by atoms with Gasteiger partial charge in [0.1, 0.15) is 5.52 Å². The van der Waals surface area contributed by atoms with Crippen molar-refractivity contribution in [2.24, 2.45) is 0 Å². The zero-order valence-corrected chi connectivity index (χ0v) is 20.0. The molecule has 4 aromatic rings. The predicted molar refractivity (Wildman–Crippen MR) is 136 cm³/mol. The molecule has 0 bridgehead atoms. The number of oxazole rings is 1. The van der Waals surface area contributed by atoms with Crippen molar-refractivity contribution in [3.63, 3.8) is 0 Å². The molecular weight excluding hydrogens is 521 g/mol. The molecule has 0 aliphatic carbocycles. The maximum Gasteiger partial charge on any atom is 0.257 e. The van der Waals surface area contributed by atoms with Gasteiger partial charge in [0.15, 0.2) is 10.7 Å². The number of benzene rings is 3. The Morgan fingerprint density at radius 1 is 1.06 bits per heavy atom. The number of fused-ring (bicyclic) bond motifs is 1. The van der Waals surface area contributed by atoms with Gasteiger partial charge in [0.05, 0.1) is 0 Å². The van der Waals surface area contributed by atoms with E-state index in [4.69, 9.17) is 16.6 Å². The van der Waals surface area contributed by atoms with Crippen LogP contribution in [-0.2, 0) is 0 Å². The van der Waals surface area contributed by atoms with Crippen molar-refractivity contribution in [2.45, 2.75) is 19.8 Å². The van der Waals surface area contributed by atoms with Gasteiger partial charge in [-0.2, -0.15) is 0 Å². The van der Waals surface area contributed by atoms with Gasteiger partial charge in [-0.3, -0.25) is 10.1 Å². The average molecular weight is 541 g/mol. The van der Waals surface area contributed by atoms with Gasteiger partial charge in [-0.25, -0.2) is 4.98 Å². The van der Waals surface area contributed by atoms with Crippen molar-refractivity contribution < 1.29 is 9.21 Å². The third kappa shape index (κ3) is 5.11. The first-order valence-electron chi connectivity index (χ1n) is 9.78. The SMILES string of the molecule is CC(C)c1ccc2oc(-c3cccc(NC(=S)NC(=O)c4cccc(I)c4)c3)nc2c1. The highest BCUT2D eigenvalue weighted by Crippen LogP contribution is 2.28. The van der Waals surface area contributed by atoms with Crippen LogP contribution < -0.4 is 10.6 Å². The summed E-state index contributed by atoms with van der Waals surface area (Å²) in [6.07, 6.45) is 0. The summed E-state index contributed by atoms with van der Waals surface area (Å²) in [7, 11) is 0. The van der Waals surface area contributed by atoms with E-state index in [2.05, 4.69) is 64.2 Å². The van der Waals surface area contributed by atoms with Gasteiger partial charge in [0.25, 0.3) is 5.91 Å². The molecule has 0 atom stereocenters. The Balaban J connectivity index is 1.50. The summed E-state index contributed by atoms with van der Waals surface area (Å²) in [4.78, 5) is 17.0. The van der Waals surface area contributed by atoms with Crippen LogP contribution in [0.25, 0.3) is 22.6 Å². The molecule has 1 aromatic heterocycles. The Morgan fingerprint density at radius 3 is 2.65 bits per heavy atom. The molecule has 0 aliphatic rings. The number of aromatic nitrogens is 1. The van der Waals surface area contributed by atoms with Crippen molar-refractivity contribution in [1.82, 2.24) is 10.3 Å². The number of hydrogen-bond acceptors (Lipinski definition) is 4. The average Bonchev–Trinajstić information content (AvgIpc) is 3.17. The molecule has 156 valence electrons. The molecule has 2 N–H and O–H groups in total. The summed E-state index contributed by atoms with van der Waals surface area (Å²) in [5.41, 5.74) is 4.90. The lowest BCUT2D eigenvalue weighted by Crippen LogP contribution is -2.34. The van der Waals surface area contributed by atoms with Gasteiger partial charge in [0, 0.05) is 20.4 Å². The predicted octanol–water partition coefficient (Wildman–Crippen LogP) is 6.35. The highest BCUT2D eigenvalue weighted by molar-refractivity contribution is 14.1. The normalized spacial score (nSPS) is 11.0. The first kappa shape index (κ1) is 21.5. The maximum absolute atomic E-state index is 12.4. The van der Waals surface area contributed by atoms with Crippen LogP contribution in [0.2, 0.25) is 0 Å². The van der Waals surface area contributed by atoms with Crippen molar-refractivity contribution in [2.75, 3.05) is 5.32 Å².